The summed E-state index contributed by atoms with van der Waals surface area (Å²) in [4.78, 5) is 36.3. The van der Waals surface area contributed by atoms with Crippen molar-refractivity contribution in [3.05, 3.63) is 28.2 Å². The molecule has 2 N–H and O–H groups in total. The van der Waals surface area contributed by atoms with Crippen LogP contribution >= 0.6 is 15.9 Å². The second kappa shape index (κ2) is 8.02. The van der Waals surface area contributed by atoms with Crippen molar-refractivity contribution in [1.82, 2.24) is 10.2 Å². The number of benzene rings is 1. The Labute approximate surface area is 152 Å². The molecule has 1 heterocycles. The number of nitrogens with zero attached hydrogens (tertiary/aromatic N) is 1. The maximum atomic E-state index is 12.0. The summed E-state index contributed by atoms with van der Waals surface area (Å²) in [5.41, 5.74) is 0.580. The highest BCUT2D eigenvalue weighted by Crippen LogP contribution is 2.35. The first-order valence-corrected chi connectivity index (χ1v) is 8.17. The Bertz CT molecular complexity index is 734. The van der Waals surface area contributed by atoms with Gasteiger partial charge in [-0.1, -0.05) is 0 Å². The van der Waals surface area contributed by atoms with Crippen molar-refractivity contribution in [1.29, 1.82) is 0 Å². The van der Waals surface area contributed by atoms with Gasteiger partial charge in [-0.2, -0.15) is 0 Å². The molecule has 1 aliphatic heterocycles. The number of carbonyl (C=O) groups excluding carboxylic acids is 3. The molecular weight excluding hydrogens is 396 g/mol. The number of nitrogens with one attached hydrogen (secondary N) is 1. The van der Waals surface area contributed by atoms with Crippen LogP contribution in [0.3, 0.4) is 0 Å². The summed E-state index contributed by atoms with van der Waals surface area (Å²) in [7, 11) is 1.41. The number of urea groups is 1. The number of amides is 3. The van der Waals surface area contributed by atoms with E-state index in [1.54, 1.807) is 6.07 Å². The Morgan fingerprint density at radius 1 is 1.44 bits per heavy atom. The van der Waals surface area contributed by atoms with E-state index in [0.717, 1.165) is 11.0 Å². The Morgan fingerprint density at radius 2 is 2.16 bits per heavy atom. The number of carbonyl (C=O) groups is 3. The molecule has 9 heteroatoms. The monoisotopic (exact) mass is 412 g/mol. The summed E-state index contributed by atoms with van der Waals surface area (Å²) in [6, 6.07) is 2.63. The lowest BCUT2D eigenvalue weighted by Crippen LogP contribution is -2.41. The average molecular weight is 413 g/mol. The number of phenolic OH excluding ortho intramolecular Hbond substituents is 1. The van der Waals surface area contributed by atoms with E-state index in [0.29, 0.717) is 16.6 Å². The normalized spacial score (nSPS) is 15.2. The maximum Gasteiger partial charge on any atom is 0.331 e. The van der Waals surface area contributed by atoms with Gasteiger partial charge in [0.2, 0.25) is 0 Å². The number of methoxy groups -OCH3 is 1. The number of ether oxygens (including phenoxy) is 2. The quantitative estimate of drug-likeness (QED) is 0.562. The summed E-state index contributed by atoms with van der Waals surface area (Å²) in [6.45, 7) is 2.03. The minimum atomic E-state index is -1.08. The van der Waals surface area contributed by atoms with Gasteiger partial charge in [-0.05, 0) is 46.6 Å². The van der Waals surface area contributed by atoms with E-state index in [9.17, 15) is 19.5 Å². The predicted molar refractivity (Wildman–Crippen MR) is 92.1 cm³/mol. The molecule has 1 saturated heterocycles. The van der Waals surface area contributed by atoms with Crippen molar-refractivity contribution in [2.75, 3.05) is 20.2 Å². The Hall–Kier alpha value is -2.55. The van der Waals surface area contributed by atoms with E-state index in [2.05, 4.69) is 21.2 Å². The fourth-order valence-electron chi connectivity index (χ4n) is 2.18. The molecule has 25 heavy (non-hydrogen) atoms. The molecule has 8 nitrogen and oxygen atoms in total. The molecule has 2 rings (SSSR count). The highest BCUT2D eigenvalue weighted by Gasteiger charge is 2.31. The lowest BCUT2D eigenvalue weighted by Gasteiger charge is -2.17. The number of aromatic hydroxyl groups is 1. The Kier molecular flexibility index (Phi) is 6.02. The van der Waals surface area contributed by atoms with Crippen LogP contribution in [0, 0.1) is 0 Å². The van der Waals surface area contributed by atoms with E-state index >= 15 is 0 Å². The number of hydrogen-bond donors (Lipinski definition) is 2. The first kappa shape index (κ1) is 18.8. The van der Waals surface area contributed by atoms with Crippen LogP contribution in [0.4, 0.5) is 4.79 Å². The molecule has 1 aromatic carbocycles. The summed E-state index contributed by atoms with van der Waals surface area (Å²) in [5, 5.41) is 12.2. The molecule has 0 bridgehead atoms. The van der Waals surface area contributed by atoms with Crippen LogP contribution in [0.5, 0.6) is 11.5 Å². The highest BCUT2D eigenvalue weighted by molar-refractivity contribution is 9.10. The van der Waals surface area contributed by atoms with Crippen LogP contribution in [0.2, 0.25) is 0 Å². The van der Waals surface area contributed by atoms with Crippen molar-refractivity contribution >= 4 is 39.9 Å². The van der Waals surface area contributed by atoms with Crippen molar-refractivity contribution in [2.45, 2.75) is 13.0 Å². The van der Waals surface area contributed by atoms with Crippen LogP contribution in [-0.4, -0.2) is 54.2 Å². The third-order valence-electron chi connectivity index (χ3n) is 3.45. The third kappa shape index (κ3) is 4.50. The van der Waals surface area contributed by atoms with E-state index in [4.69, 9.17) is 9.47 Å². The number of rotatable bonds is 5. The van der Waals surface area contributed by atoms with Gasteiger partial charge in [0.15, 0.2) is 17.6 Å². The third-order valence-corrected chi connectivity index (χ3v) is 4.05. The zero-order valence-corrected chi connectivity index (χ0v) is 15.2. The van der Waals surface area contributed by atoms with Crippen LogP contribution < -0.4 is 10.1 Å². The lowest BCUT2D eigenvalue weighted by molar-refractivity contribution is -0.153. The van der Waals surface area contributed by atoms with Gasteiger partial charge in [-0.25, -0.2) is 9.59 Å². The highest BCUT2D eigenvalue weighted by atomic mass is 79.9. The predicted octanol–water partition coefficient (Wildman–Crippen LogP) is 1.66. The van der Waals surface area contributed by atoms with E-state index < -0.39 is 24.0 Å². The van der Waals surface area contributed by atoms with Gasteiger partial charge in [0.25, 0.3) is 5.91 Å². The molecule has 1 atom stereocenters. The average Bonchev–Trinajstić information content (AvgIpc) is 3.00. The second-order valence-electron chi connectivity index (χ2n) is 5.19. The minimum Gasteiger partial charge on any atom is -0.503 e. The fourth-order valence-corrected chi connectivity index (χ4v) is 2.63. The van der Waals surface area contributed by atoms with Crippen LogP contribution in [0.1, 0.15) is 12.5 Å². The van der Waals surface area contributed by atoms with Crippen LogP contribution in [0.25, 0.3) is 6.08 Å². The fraction of sp³-hybridized carbons (Fsp3) is 0.312. The number of hydrogen-bond acceptors (Lipinski definition) is 6. The van der Waals surface area contributed by atoms with Gasteiger partial charge in [-0.3, -0.25) is 9.69 Å². The minimum absolute atomic E-state index is 0.0506. The number of esters is 1. The van der Waals surface area contributed by atoms with Gasteiger partial charge in [-0.15, -0.1) is 0 Å². The van der Waals surface area contributed by atoms with Gasteiger partial charge < -0.3 is 19.9 Å². The topological polar surface area (TPSA) is 105 Å². The maximum absolute atomic E-state index is 12.0. The molecule has 1 aromatic rings. The van der Waals surface area contributed by atoms with E-state index in [-0.39, 0.29) is 18.0 Å². The smallest absolute Gasteiger partial charge is 0.331 e. The summed E-state index contributed by atoms with van der Waals surface area (Å²) >= 11 is 3.18. The standard InChI is InChI=1S/C16H17BrN2O6/c1-9(15(22)19-6-5-18-16(19)23)25-13(20)4-3-10-7-11(17)14(21)12(8-10)24-2/h3-4,7-9,21H,5-6H2,1-2H3,(H,18,23)/b4-3+/t9-/m1/s1. The molecule has 0 unspecified atom stereocenters. The number of phenols is 1. The Balaban J connectivity index is 2.00. The van der Waals surface area contributed by atoms with Crippen molar-refractivity contribution in [3.63, 3.8) is 0 Å². The second-order valence-corrected chi connectivity index (χ2v) is 6.04. The number of halogens is 1. The molecule has 1 fully saturated rings. The molecule has 1 aliphatic rings. The zero-order valence-electron chi connectivity index (χ0n) is 13.6. The van der Waals surface area contributed by atoms with Crippen molar-refractivity contribution in [3.8, 4) is 11.5 Å². The Morgan fingerprint density at radius 3 is 2.76 bits per heavy atom. The number of imide groups is 1. The zero-order chi connectivity index (χ0) is 18.6. The van der Waals surface area contributed by atoms with Gasteiger partial charge in [0, 0.05) is 19.2 Å². The largest absolute Gasteiger partial charge is 0.503 e. The van der Waals surface area contributed by atoms with E-state index in [1.165, 1.54) is 26.2 Å². The van der Waals surface area contributed by atoms with Crippen molar-refractivity contribution < 1.29 is 29.0 Å². The van der Waals surface area contributed by atoms with Crippen LogP contribution in [-0.2, 0) is 14.3 Å². The molecule has 3 amide bonds. The van der Waals surface area contributed by atoms with Gasteiger partial charge in [0.1, 0.15) is 0 Å². The van der Waals surface area contributed by atoms with Gasteiger partial charge in [0.05, 0.1) is 11.6 Å². The molecular formula is C16H17BrN2O6. The summed E-state index contributed by atoms with van der Waals surface area (Å²) in [6.07, 6.45) is 1.52. The molecule has 0 saturated carbocycles. The molecule has 0 radical (unpaired) electrons. The first-order chi connectivity index (χ1) is 11.8. The van der Waals surface area contributed by atoms with Gasteiger partial charge >= 0.3 is 12.0 Å². The lowest BCUT2D eigenvalue weighted by atomic mass is 10.2. The molecule has 0 aliphatic carbocycles. The molecule has 0 spiro atoms. The molecule has 134 valence electrons. The summed E-state index contributed by atoms with van der Waals surface area (Å²) in [5.74, 6) is -1.12. The van der Waals surface area contributed by atoms with Crippen LogP contribution in [0.15, 0.2) is 22.7 Å². The first-order valence-electron chi connectivity index (χ1n) is 7.38. The molecule has 0 aromatic heterocycles. The summed E-state index contributed by atoms with van der Waals surface area (Å²) < 4.78 is 10.4. The van der Waals surface area contributed by atoms with Crippen molar-refractivity contribution in [2.24, 2.45) is 0 Å². The SMILES string of the molecule is COc1cc(/C=C/C(=O)O[C@H](C)C(=O)N2CCNC2=O)cc(Br)c1O. The van der Waals surface area contributed by atoms with E-state index in [1.807, 2.05) is 0 Å².